The largest absolute Gasteiger partial charge is 0.355 e. The van der Waals surface area contributed by atoms with E-state index in [0.717, 1.165) is 49.9 Å². The summed E-state index contributed by atoms with van der Waals surface area (Å²) in [6.07, 6.45) is 8.58. The number of hydrogen-bond acceptors (Lipinski definition) is 3. The molecule has 2 heterocycles. The molecule has 2 amide bonds. The Bertz CT molecular complexity index is 846. The van der Waals surface area contributed by atoms with Gasteiger partial charge in [0.15, 0.2) is 0 Å². The van der Waals surface area contributed by atoms with Crippen LogP contribution in [0.15, 0.2) is 36.7 Å². The first-order valence-corrected chi connectivity index (χ1v) is 10.7. The van der Waals surface area contributed by atoms with Crippen LogP contribution in [-0.2, 0) is 21.4 Å². The van der Waals surface area contributed by atoms with Crippen molar-refractivity contribution in [1.29, 1.82) is 0 Å². The number of benzene rings is 1. The fraction of sp³-hybridized carbons (Fsp3) is 0.500. The maximum Gasteiger partial charge on any atom is 0.230 e. The molecule has 0 radical (unpaired) electrons. The van der Waals surface area contributed by atoms with Crippen LogP contribution in [0.3, 0.4) is 0 Å². The fourth-order valence-corrected chi connectivity index (χ4v) is 4.35. The number of H-pyrrole nitrogens is 1. The first-order chi connectivity index (χ1) is 14.1. The molecule has 1 aromatic heterocycles. The van der Waals surface area contributed by atoms with Crippen LogP contribution in [0.25, 0.3) is 0 Å². The number of hydrogen-bond donors (Lipinski definition) is 2. The Morgan fingerprint density at radius 3 is 2.76 bits per heavy atom. The van der Waals surface area contributed by atoms with Gasteiger partial charge in [0.2, 0.25) is 11.8 Å². The molecule has 1 saturated carbocycles. The van der Waals surface area contributed by atoms with E-state index in [4.69, 9.17) is 11.6 Å². The van der Waals surface area contributed by atoms with Crippen LogP contribution in [0, 0.1) is 5.92 Å². The highest BCUT2D eigenvalue weighted by molar-refractivity contribution is 6.30. The van der Waals surface area contributed by atoms with Crippen molar-refractivity contribution in [1.82, 2.24) is 20.4 Å². The summed E-state index contributed by atoms with van der Waals surface area (Å²) in [5, 5.41) is 10.5. The van der Waals surface area contributed by atoms with E-state index in [0.29, 0.717) is 30.3 Å². The van der Waals surface area contributed by atoms with Crippen molar-refractivity contribution in [2.75, 3.05) is 19.6 Å². The van der Waals surface area contributed by atoms with Gasteiger partial charge in [0.25, 0.3) is 0 Å². The number of carbonyl (C=O) groups is 2. The van der Waals surface area contributed by atoms with Gasteiger partial charge >= 0.3 is 0 Å². The Labute approximate surface area is 176 Å². The number of piperidine rings is 1. The molecule has 0 unspecified atom stereocenters. The highest BCUT2D eigenvalue weighted by atomic mass is 35.5. The molecule has 6 nitrogen and oxygen atoms in total. The molecular weight excluding hydrogens is 388 g/mol. The zero-order valence-electron chi connectivity index (χ0n) is 16.5. The molecule has 1 saturated heterocycles. The summed E-state index contributed by atoms with van der Waals surface area (Å²) in [6, 6.07) is 7.60. The number of amides is 2. The summed E-state index contributed by atoms with van der Waals surface area (Å²) in [5.74, 6) is 0.594. The van der Waals surface area contributed by atoms with Gasteiger partial charge in [0, 0.05) is 37.3 Å². The molecular formula is C22H27ClN4O2. The monoisotopic (exact) mass is 414 g/mol. The van der Waals surface area contributed by atoms with Crippen molar-refractivity contribution in [2.45, 2.75) is 43.9 Å². The molecule has 4 rings (SSSR count). The number of halogens is 1. The lowest BCUT2D eigenvalue weighted by Crippen LogP contribution is -2.45. The first-order valence-electron chi connectivity index (χ1n) is 10.4. The quantitative estimate of drug-likeness (QED) is 0.730. The Morgan fingerprint density at radius 2 is 2.07 bits per heavy atom. The lowest BCUT2D eigenvalue weighted by Gasteiger charge is -2.33. The van der Waals surface area contributed by atoms with Gasteiger partial charge in [-0.1, -0.05) is 23.7 Å². The Hall–Kier alpha value is -2.34. The van der Waals surface area contributed by atoms with Crippen molar-refractivity contribution in [3.63, 3.8) is 0 Å². The van der Waals surface area contributed by atoms with Gasteiger partial charge in [-0.15, -0.1) is 0 Å². The number of likely N-dealkylation sites (tertiary alicyclic amines) is 1. The molecule has 1 aliphatic heterocycles. The van der Waals surface area contributed by atoms with E-state index in [1.54, 1.807) is 6.20 Å². The zero-order chi connectivity index (χ0) is 20.3. The third-order valence-electron chi connectivity index (χ3n) is 6.19. The van der Waals surface area contributed by atoms with Crippen LogP contribution < -0.4 is 5.32 Å². The lowest BCUT2D eigenvalue weighted by atomic mass is 9.93. The van der Waals surface area contributed by atoms with Gasteiger partial charge in [-0.3, -0.25) is 14.7 Å². The molecule has 0 spiro atoms. The van der Waals surface area contributed by atoms with E-state index in [-0.39, 0.29) is 17.2 Å². The number of aromatic amines is 1. The maximum atomic E-state index is 12.9. The van der Waals surface area contributed by atoms with E-state index < -0.39 is 0 Å². The van der Waals surface area contributed by atoms with E-state index in [2.05, 4.69) is 15.5 Å². The van der Waals surface area contributed by atoms with Crippen molar-refractivity contribution >= 4 is 23.4 Å². The molecule has 2 fully saturated rings. The topological polar surface area (TPSA) is 78.1 Å². The lowest BCUT2D eigenvalue weighted by molar-refractivity contribution is -0.132. The Balaban J connectivity index is 1.26. The van der Waals surface area contributed by atoms with Gasteiger partial charge in [0.1, 0.15) is 0 Å². The predicted molar refractivity (Wildman–Crippen MR) is 112 cm³/mol. The predicted octanol–water partition coefficient (Wildman–Crippen LogP) is 3.08. The standard InChI is InChI=1S/C22H27ClN4O2/c23-19-6-4-18(5-7-19)22(9-10-22)21(29)24-12-17-2-1-11-27(15-17)20(28)8-3-16-13-25-26-14-16/h4-7,13-14,17H,1-3,8-12,15H2,(H,24,29)(H,25,26)/t17-/m1/s1. The number of aromatic nitrogens is 2. The van der Waals surface area contributed by atoms with E-state index in [1.807, 2.05) is 35.4 Å². The fourth-order valence-electron chi connectivity index (χ4n) is 4.23. The second-order valence-electron chi connectivity index (χ2n) is 8.25. The van der Waals surface area contributed by atoms with Gasteiger partial charge < -0.3 is 10.2 Å². The number of carbonyl (C=O) groups excluding carboxylic acids is 2. The number of rotatable bonds is 7. The summed E-state index contributed by atoms with van der Waals surface area (Å²) in [7, 11) is 0. The second-order valence-corrected chi connectivity index (χ2v) is 8.69. The summed E-state index contributed by atoms with van der Waals surface area (Å²) >= 11 is 5.98. The Morgan fingerprint density at radius 1 is 1.28 bits per heavy atom. The Kier molecular flexibility index (Phi) is 5.90. The van der Waals surface area contributed by atoms with Crippen LogP contribution in [0.4, 0.5) is 0 Å². The molecule has 1 aromatic carbocycles. The van der Waals surface area contributed by atoms with E-state index in [1.165, 1.54) is 0 Å². The molecule has 154 valence electrons. The smallest absolute Gasteiger partial charge is 0.230 e. The highest BCUT2D eigenvalue weighted by Crippen LogP contribution is 2.48. The van der Waals surface area contributed by atoms with Crippen LogP contribution in [0.2, 0.25) is 5.02 Å². The first kappa shape index (κ1) is 20.0. The molecule has 0 bridgehead atoms. The van der Waals surface area contributed by atoms with Gasteiger partial charge in [0.05, 0.1) is 11.6 Å². The van der Waals surface area contributed by atoms with Crippen LogP contribution >= 0.6 is 11.6 Å². The van der Waals surface area contributed by atoms with Crippen LogP contribution in [0.5, 0.6) is 0 Å². The molecule has 1 aliphatic carbocycles. The summed E-state index contributed by atoms with van der Waals surface area (Å²) in [5.41, 5.74) is 1.70. The molecule has 7 heteroatoms. The van der Waals surface area contributed by atoms with Gasteiger partial charge in [-0.05, 0) is 61.3 Å². The molecule has 2 aliphatic rings. The van der Waals surface area contributed by atoms with Crippen molar-refractivity contribution in [2.24, 2.45) is 5.92 Å². The third-order valence-corrected chi connectivity index (χ3v) is 6.44. The third kappa shape index (κ3) is 4.64. The zero-order valence-corrected chi connectivity index (χ0v) is 17.3. The summed E-state index contributed by atoms with van der Waals surface area (Å²) in [6.45, 7) is 2.15. The van der Waals surface area contributed by atoms with E-state index >= 15 is 0 Å². The highest BCUT2D eigenvalue weighted by Gasteiger charge is 2.51. The minimum Gasteiger partial charge on any atom is -0.355 e. The second kappa shape index (κ2) is 8.57. The normalized spacial score (nSPS) is 20.3. The average Bonchev–Trinajstić information content (AvgIpc) is 3.39. The maximum absolute atomic E-state index is 12.9. The van der Waals surface area contributed by atoms with Crippen molar-refractivity contribution in [3.05, 3.63) is 52.8 Å². The molecule has 1 atom stereocenters. The van der Waals surface area contributed by atoms with Crippen molar-refractivity contribution < 1.29 is 9.59 Å². The van der Waals surface area contributed by atoms with Crippen LogP contribution in [0.1, 0.15) is 43.2 Å². The van der Waals surface area contributed by atoms with Gasteiger partial charge in [-0.2, -0.15) is 5.10 Å². The molecule has 2 aromatic rings. The minimum absolute atomic E-state index is 0.100. The van der Waals surface area contributed by atoms with E-state index in [9.17, 15) is 9.59 Å². The average molecular weight is 415 g/mol. The van der Waals surface area contributed by atoms with Crippen LogP contribution in [-0.4, -0.2) is 46.5 Å². The SMILES string of the molecule is O=C(CCc1cn[nH]c1)N1CCC[C@H](CNC(=O)C2(c3ccc(Cl)cc3)CC2)C1. The molecule has 29 heavy (non-hydrogen) atoms. The number of nitrogens with zero attached hydrogens (tertiary/aromatic N) is 2. The minimum atomic E-state index is -0.390. The number of aryl methyl sites for hydroxylation is 1. The summed E-state index contributed by atoms with van der Waals surface area (Å²) < 4.78 is 0. The van der Waals surface area contributed by atoms with Gasteiger partial charge in [-0.25, -0.2) is 0 Å². The summed E-state index contributed by atoms with van der Waals surface area (Å²) in [4.78, 5) is 27.4. The molecule has 2 N–H and O–H groups in total. The number of nitrogens with one attached hydrogen (secondary N) is 2. The van der Waals surface area contributed by atoms with Crippen molar-refractivity contribution in [3.8, 4) is 0 Å².